The number of benzene rings is 1. The fourth-order valence-electron chi connectivity index (χ4n) is 2.02. The van der Waals surface area contributed by atoms with Gasteiger partial charge in [0.05, 0.1) is 0 Å². The van der Waals surface area contributed by atoms with E-state index in [0.29, 0.717) is 0 Å². The van der Waals surface area contributed by atoms with Crippen molar-refractivity contribution in [3.63, 3.8) is 0 Å². The van der Waals surface area contributed by atoms with Crippen molar-refractivity contribution in [2.45, 2.75) is 26.8 Å². The van der Waals surface area contributed by atoms with Gasteiger partial charge in [-0.15, -0.1) is 11.3 Å². The van der Waals surface area contributed by atoms with E-state index in [1.165, 1.54) is 10.4 Å². The van der Waals surface area contributed by atoms with Crippen molar-refractivity contribution in [1.82, 2.24) is 10.3 Å². The van der Waals surface area contributed by atoms with Crippen molar-refractivity contribution in [3.8, 4) is 10.6 Å². The Labute approximate surface area is 124 Å². The number of thiazole rings is 1. The molecule has 2 aromatic rings. The van der Waals surface area contributed by atoms with Crippen LogP contribution in [0.5, 0.6) is 0 Å². The van der Waals surface area contributed by atoms with Crippen LogP contribution in [-0.2, 0) is 6.54 Å². The first-order valence-corrected chi connectivity index (χ1v) is 7.74. The van der Waals surface area contributed by atoms with Gasteiger partial charge in [0.15, 0.2) is 0 Å². The quantitative estimate of drug-likeness (QED) is 0.822. The topological polar surface area (TPSA) is 45.1 Å². The third-order valence-corrected chi connectivity index (χ3v) is 4.31. The molecule has 1 heterocycles. The smallest absolute Gasteiger partial charge is 0.123 e. The van der Waals surface area contributed by atoms with Crippen LogP contribution in [0.4, 0.5) is 0 Å². The van der Waals surface area contributed by atoms with Crippen LogP contribution in [-0.4, -0.2) is 23.2 Å². The molecule has 0 aliphatic rings. The van der Waals surface area contributed by atoms with E-state index in [-0.39, 0.29) is 12.0 Å². The van der Waals surface area contributed by atoms with E-state index in [4.69, 9.17) is 5.11 Å². The Morgan fingerprint density at radius 3 is 2.70 bits per heavy atom. The highest BCUT2D eigenvalue weighted by Crippen LogP contribution is 2.25. The van der Waals surface area contributed by atoms with Gasteiger partial charge in [-0.1, -0.05) is 44.2 Å². The second kappa shape index (κ2) is 6.97. The summed E-state index contributed by atoms with van der Waals surface area (Å²) in [4.78, 5) is 5.72. The first kappa shape index (κ1) is 15.2. The van der Waals surface area contributed by atoms with E-state index in [2.05, 4.69) is 36.3 Å². The SMILES string of the molecule is CC(C)(CCO)CNCc1cnc(-c2ccccc2)s1. The third-order valence-electron chi connectivity index (χ3n) is 3.27. The summed E-state index contributed by atoms with van der Waals surface area (Å²) in [7, 11) is 0. The minimum Gasteiger partial charge on any atom is -0.396 e. The van der Waals surface area contributed by atoms with Gasteiger partial charge in [-0.3, -0.25) is 0 Å². The lowest BCUT2D eigenvalue weighted by atomic mass is 9.90. The molecule has 0 aliphatic heterocycles. The summed E-state index contributed by atoms with van der Waals surface area (Å²) in [6.45, 7) is 6.30. The molecule has 2 N–H and O–H groups in total. The summed E-state index contributed by atoms with van der Waals surface area (Å²) < 4.78 is 0. The number of nitrogens with zero attached hydrogens (tertiary/aromatic N) is 1. The number of nitrogens with one attached hydrogen (secondary N) is 1. The summed E-state index contributed by atoms with van der Waals surface area (Å²) in [5, 5.41) is 13.5. The van der Waals surface area contributed by atoms with Crippen molar-refractivity contribution in [3.05, 3.63) is 41.4 Å². The predicted octanol–water partition coefficient (Wildman–Crippen LogP) is 3.31. The molecule has 0 saturated carbocycles. The molecular weight excluding hydrogens is 268 g/mol. The van der Waals surface area contributed by atoms with Crippen molar-refractivity contribution in [1.29, 1.82) is 0 Å². The molecule has 4 heteroatoms. The van der Waals surface area contributed by atoms with Crippen LogP contribution in [0.2, 0.25) is 0 Å². The Balaban J connectivity index is 1.88. The van der Waals surface area contributed by atoms with Crippen molar-refractivity contribution >= 4 is 11.3 Å². The maximum absolute atomic E-state index is 9.01. The number of aliphatic hydroxyl groups is 1. The summed E-state index contributed by atoms with van der Waals surface area (Å²) in [5.41, 5.74) is 1.30. The summed E-state index contributed by atoms with van der Waals surface area (Å²) in [6.07, 6.45) is 2.76. The monoisotopic (exact) mass is 290 g/mol. The molecule has 1 aromatic heterocycles. The summed E-state index contributed by atoms with van der Waals surface area (Å²) in [6, 6.07) is 10.3. The van der Waals surface area contributed by atoms with Gasteiger partial charge in [0, 0.05) is 36.3 Å². The van der Waals surface area contributed by atoms with Gasteiger partial charge in [0.2, 0.25) is 0 Å². The highest BCUT2D eigenvalue weighted by atomic mass is 32.1. The summed E-state index contributed by atoms with van der Waals surface area (Å²) >= 11 is 1.73. The second-order valence-corrected chi connectivity index (χ2v) is 6.85. The van der Waals surface area contributed by atoms with Crippen LogP contribution in [0.15, 0.2) is 36.5 Å². The lowest BCUT2D eigenvalue weighted by Gasteiger charge is -2.23. The lowest BCUT2D eigenvalue weighted by molar-refractivity contribution is 0.207. The highest BCUT2D eigenvalue weighted by molar-refractivity contribution is 7.15. The van der Waals surface area contributed by atoms with Crippen LogP contribution in [0.3, 0.4) is 0 Å². The molecule has 0 radical (unpaired) electrons. The molecule has 0 saturated heterocycles. The van der Waals surface area contributed by atoms with Gasteiger partial charge < -0.3 is 10.4 Å². The van der Waals surface area contributed by atoms with E-state index in [0.717, 1.165) is 24.5 Å². The average Bonchev–Trinajstić information content (AvgIpc) is 2.88. The highest BCUT2D eigenvalue weighted by Gasteiger charge is 2.16. The fraction of sp³-hybridized carbons (Fsp3) is 0.438. The lowest BCUT2D eigenvalue weighted by Crippen LogP contribution is -2.29. The van der Waals surface area contributed by atoms with Gasteiger partial charge in [-0.25, -0.2) is 4.98 Å². The summed E-state index contributed by atoms with van der Waals surface area (Å²) in [5.74, 6) is 0. The van der Waals surface area contributed by atoms with Gasteiger partial charge >= 0.3 is 0 Å². The second-order valence-electron chi connectivity index (χ2n) is 5.74. The largest absolute Gasteiger partial charge is 0.396 e. The Morgan fingerprint density at radius 1 is 1.25 bits per heavy atom. The minimum atomic E-state index is 0.127. The normalized spacial score (nSPS) is 11.8. The molecule has 3 nitrogen and oxygen atoms in total. The molecule has 1 aromatic carbocycles. The maximum Gasteiger partial charge on any atom is 0.123 e. The van der Waals surface area contributed by atoms with E-state index in [9.17, 15) is 0 Å². The third kappa shape index (κ3) is 4.40. The van der Waals surface area contributed by atoms with E-state index >= 15 is 0 Å². The first-order chi connectivity index (χ1) is 9.61. The molecule has 2 rings (SSSR count). The zero-order valence-electron chi connectivity index (χ0n) is 12.1. The molecule has 0 spiro atoms. The molecule has 0 fully saturated rings. The van der Waals surface area contributed by atoms with E-state index in [1.807, 2.05) is 24.4 Å². The van der Waals surface area contributed by atoms with Crippen LogP contribution in [0.1, 0.15) is 25.1 Å². The molecule has 0 bridgehead atoms. The molecule has 0 amide bonds. The molecule has 0 unspecified atom stereocenters. The van der Waals surface area contributed by atoms with Crippen LogP contribution >= 0.6 is 11.3 Å². The number of aromatic nitrogens is 1. The van der Waals surface area contributed by atoms with Crippen LogP contribution in [0.25, 0.3) is 10.6 Å². The molecule has 20 heavy (non-hydrogen) atoms. The Hall–Kier alpha value is -1.23. The molecule has 0 aliphatic carbocycles. The maximum atomic E-state index is 9.01. The van der Waals surface area contributed by atoms with Gasteiger partial charge in [0.1, 0.15) is 5.01 Å². The molecule has 0 atom stereocenters. The average molecular weight is 290 g/mol. The van der Waals surface area contributed by atoms with Crippen molar-refractivity contribution in [2.24, 2.45) is 5.41 Å². The van der Waals surface area contributed by atoms with Crippen LogP contribution in [0, 0.1) is 5.41 Å². The fourth-order valence-corrected chi connectivity index (χ4v) is 2.91. The molecule has 108 valence electrons. The van der Waals surface area contributed by atoms with E-state index in [1.54, 1.807) is 11.3 Å². The number of hydrogen-bond acceptors (Lipinski definition) is 4. The van der Waals surface area contributed by atoms with Gasteiger partial charge in [-0.2, -0.15) is 0 Å². The van der Waals surface area contributed by atoms with Gasteiger partial charge in [0.25, 0.3) is 0 Å². The Morgan fingerprint density at radius 2 is 2.00 bits per heavy atom. The zero-order chi connectivity index (χ0) is 14.4. The number of hydrogen-bond donors (Lipinski definition) is 2. The predicted molar refractivity (Wildman–Crippen MR) is 84.7 cm³/mol. The van der Waals surface area contributed by atoms with Crippen molar-refractivity contribution < 1.29 is 5.11 Å². The van der Waals surface area contributed by atoms with Gasteiger partial charge in [-0.05, 0) is 11.8 Å². The van der Waals surface area contributed by atoms with Crippen LogP contribution < -0.4 is 5.32 Å². The number of rotatable bonds is 7. The zero-order valence-corrected chi connectivity index (χ0v) is 12.9. The first-order valence-electron chi connectivity index (χ1n) is 6.92. The Bertz CT molecular complexity index is 522. The van der Waals surface area contributed by atoms with Crippen molar-refractivity contribution in [2.75, 3.05) is 13.2 Å². The minimum absolute atomic E-state index is 0.127. The Kier molecular flexibility index (Phi) is 5.29. The van der Waals surface area contributed by atoms with E-state index < -0.39 is 0 Å². The molecular formula is C16H22N2OS. The number of aliphatic hydroxyl groups excluding tert-OH is 1. The standard InChI is InChI=1S/C16H22N2OS/c1-16(2,8-9-19)12-17-10-14-11-18-15(20-14)13-6-4-3-5-7-13/h3-7,11,17,19H,8-10,12H2,1-2H3.